The molecule has 1 amide bonds. The lowest BCUT2D eigenvalue weighted by Gasteiger charge is -2.13. The Morgan fingerprint density at radius 1 is 1.62 bits per heavy atom. The van der Waals surface area contributed by atoms with Crippen molar-refractivity contribution in [2.24, 2.45) is 11.8 Å². The van der Waals surface area contributed by atoms with E-state index in [1.54, 1.807) is 11.8 Å². The number of carbonyl (C=O) groups excluding carboxylic acids is 1. The van der Waals surface area contributed by atoms with E-state index in [4.69, 9.17) is 0 Å². The third-order valence-corrected chi connectivity index (χ3v) is 3.07. The van der Waals surface area contributed by atoms with E-state index in [2.05, 4.69) is 17.6 Å². The fourth-order valence-electron chi connectivity index (χ4n) is 1.57. The van der Waals surface area contributed by atoms with Gasteiger partial charge in [0.2, 0.25) is 5.91 Å². The predicted molar refractivity (Wildman–Crippen MR) is 56.9 cm³/mol. The summed E-state index contributed by atoms with van der Waals surface area (Å²) in [4.78, 5) is 11.6. The topological polar surface area (TPSA) is 41.1 Å². The van der Waals surface area contributed by atoms with Crippen molar-refractivity contribution in [1.29, 1.82) is 0 Å². The van der Waals surface area contributed by atoms with Crippen LogP contribution >= 0.6 is 11.8 Å². The average Bonchev–Trinajstić information content (AvgIpc) is 2.52. The van der Waals surface area contributed by atoms with Crippen molar-refractivity contribution < 1.29 is 4.79 Å². The minimum atomic E-state index is 0.182. The number of carbonyl (C=O) groups is 1. The minimum absolute atomic E-state index is 0.182. The zero-order valence-corrected chi connectivity index (χ0v) is 9.12. The van der Waals surface area contributed by atoms with E-state index in [1.807, 2.05) is 6.26 Å². The smallest absolute Gasteiger partial charge is 0.224 e. The highest BCUT2D eigenvalue weighted by Crippen LogP contribution is 2.15. The molecule has 0 aromatic heterocycles. The lowest BCUT2D eigenvalue weighted by Crippen LogP contribution is -2.35. The molecule has 1 heterocycles. The van der Waals surface area contributed by atoms with E-state index in [1.165, 1.54) is 0 Å². The third kappa shape index (κ3) is 3.19. The van der Waals surface area contributed by atoms with E-state index in [0.29, 0.717) is 5.92 Å². The molecule has 0 aliphatic carbocycles. The Morgan fingerprint density at radius 2 is 2.38 bits per heavy atom. The first kappa shape index (κ1) is 10.9. The molecule has 2 N–H and O–H groups in total. The highest BCUT2D eigenvalue weighted by molar-refractivity contribution is 7.98. The Balaban J connectivity index is 2.22. The second kappa shape index (κ2) is 5.50. The standard InChI is InChI=1S/C9H18N2OS/c1-7-5-10-6-8(7)9(12)11-3-4-13-2/h7-8,10H,3-6H2,1-2H3,(H,11,12). The van der Waals surface area contributed by atoms with Crippen LogP contribution in [-0.2, 0) is 4.79 Å². The van der Waals surface area contributed by atoms with Crippen molar-refractivity contribution in [3.63, 3.8) is 0 Å². The van der Waals surface area contributed by atoms with Gasteiger partial charge in [0.1, 0.15) is 0 Å². The summed E-state index contributed by atoms with van der Waals surface area (Å²) >= 11 is 1.76. The van der Waals surface area contributed by atoms with Gasteiger partial charge in [-0.25, -0.2) is 0 Å². The number of rotatable bonds is 4. The van der Waals surface area contributed by atoms with Crippen molar-refractivity contribution in [3.8, 4) is 0 Å². The quantitative estimate of drug-likeness (QED) is 0.645. The summed E-state index contributed by atoms with van der Waals surface area (Å²) in [5.41, 5.74) is 0. The molecule has 0 saturated carbocycles. The number of thioether (sulfide) groups is 1. The lowest BCUT2D eigenvalue weighted by atomic mass is 9.97. The van der Waals surface area contributed by atoms with Crippen LogP contribution in [0.15, 0.2) is 0 Å². The van der Waals surface area contributed by atoms with E-state index in [0.717, 1.165) is 25.4 Å². The molecule has 1 aliphatic heterocycles. The van der Waals surface area contributed by atoms with Crippen LogP contribution in [0, 0.1) is 11.8 Å². The van der Waals surface area contributed by atoms with Gasteiger partial charge in [-0.15, -0.1) is 0 Å². The monoisotopic (exact) mass is 202 g/mol. The molecule has 0 aromatic carbocycles. The van der Waals surface area contributed by atoms with Gasteiger partial charge in [0.25, 0.3) is 0 Å². The van der Waals surface area contributed by atoms with Gasteiger partial charge >= 0.3 is 0 Å². The van der Waals surface area contributed by atoms with E-state index < -0.39 is 0 Å². The fraction of sp³-hybridized carbons (Fsp3) is 0.889. The largest absolute Gasteiger partial charge is 0.355 e. The van der Waals surface area contributed by atoms with E-state index in [9.17, 15) is 4.79 Å². The molecular formula is C9H18N2OS. The van der Waals surface area contributed by atoms with Gasteiger partial charge in [0.15, 0.2) is 0 Å². The van der Waals surface area contributed by atoms with Crippen molar-refractivity contribution in [1.82, 2.24) is 10.6 Å². The first-order chi connectivity index (χ1) is 6.25. The molecule has 0 bridgehead atoms. The van der Waals surface area contributed by atoms with Crippen molar-refractivity contribution in [3.05, 3.63) is 0 Å². The predicted octanol–water partition coefficient (Wildman–Crippen LogP) is 0.321. The number of hydrogen-bond donors (Lipinski definition) is 2. The van der Waals surface area contributed by atoms with Gasteiger partial charge in [-0.3, -0.25) is 4.79 Å². The maximum absolute atomic E-state index is 11.6. The summed E-state index contributed by atoms with van der Waals surface area (Å²) in [6, 6.07) is 0. The molecule has 1 aliphatic rings. The van der Waals surface area contributed by atoms with E-state index in [-0.39, 0.29) is 11.8 Å². The molecule has 2 atom stereocenters. The van der Waals surface area contributed by atoms with Gasteiger partial charge in [0, 0.05) is 18.8 Å². The van der Waals surface area contributed by atoms with E-state index >= 15 is 0 Å². The first-order valence-electron chi connectivity index (χ1n) is 4.73. The van der Waals surface area contributed by atoms with Crippen molar-refractivity contribution >= 4 is 17.7 Å². The van der Waals surface area contributed by atoms with Crippen LogP contribution in [0.5, 0.6) is 0 Å². The van der Waals surface area contributed by atoms with Crippen LogP contribution < -0.4 is 10.6 Å². The molecule has 1 rings (SSSR count). The summed E-state index contributed by atoms with van der Waals surface area (Å²) in [5, 5.41) is 6.18. The minimum Gasteiger partial charge on any atom is -0.355 e. The Labute approximate surface area is 84.0 Å². The molecule has 13 heavy (non-hydrogen) atoms. The Hall–Kier alpha value is -0.220. The normalized spacial score (nSPS) is 27.5. The summed E-state index contributed by atoms with van der Waals surface area (Å²) in [7, 11) is 0. The summed E-state index contributed by atoms with van der Waals surface area (Å²) < 4.78 is 0. The highest BCUT2D eigenvalue weighted by atomic mass is 32.2. The van der Waals surface area contributed by atoms with Crippen molar-refractivity contribution in [2.75, 3.05) is 31.6 Å². The van der Waals surface area contributed by atoms with Crippen LogP contribution in [0.2, 0.25) is 0 Å². The third-order valence-electron chi connectivity index (χ3n) is 2.46. The molecule has 4 heteroatoms. The highest BCUT2D eigenvalue weighted by Gasteiger charge is 2.28. The number of hydrogen-bond acceptors (Lipinski definition) is 3. The average molecular weight is 202 g/mol. The Morgan fingerprint density at radius 3 is 2.92 bits per heavy atom. The summed E-state index contributed by atoms with van der Waals surface area (Å²) in [5.74, 6) is 1.88. The second-order valence-electron chi connectivity index (χ2n) is 3.53. The molecule has 76 valence electrons. The fourth-order valence-corrected chi connectivity index (χ4v) is 1.87. The summed E-state index contributed by atoms with van der Waals surface area (Å²) in [6.07, 6.45) is 2.05. The van der Waals surface area contributed by atoms with Crippen LogP contribution in [0.4, 0.5) is 0 Å². The molecule has 0 aromatic rings. The second-order valence-corrected chi connectivity index (χ2v) is 4.51. The van der Waals surface area contributed by atoms with Crippen LogP contribution in [0.3, 0.4) is 0 Å². The van der Waals surface area contributed by atoms with Gasteiger partial charge in [-0.1, -0.05) is 6.92 Å². The maximum atomic E-state index is 11.6. The molecule has 1 saturated heterocycles. The van der Waals surface area contributed by atoms with Crippen LogP contribution in [-0.4, -0.2) is 37.6 Å². The Kier molecular flexibility index (Phi) is 4.59. The Bertz CT molecular complexity index is 175. The van der Waals surface area contributed by atoms with Gasteiger partial charge < -0.3 is 10.6 Å². The van der Waals surface area contributed by atoms with Gasteiger partial charge in [0.05, 0.1) is 5.92 Å². The van der Waals surface area contributed by atoms with Gasteiger partial charge in [-0.05, 0) is 18.7 Å². The molecule has 0 radical (unpaired) electrons. The maximum Gasteiger partial charge on any atom is 0.224 e. The van der Waals surface area contributed by atoms with Crippen molar-refractivity contribution in [2.45, 2.75) is 6.92 Å². The summed E-state index contributed by atoms with van der Waals surface area (Å²) in [6.45, 7) is 4.73. The molecule has 0 spiro atoms. The molecule has 1 fully saturated rings. The van der Waals surface area contributed by atoms with Gasteiger partial charge in [-0.2, -0.15) is 11.8 Å². The zero-order chi connectivity index (χ0) is 9.68. The number of amides is 1. The lowest BCUT2D eigenvalue weighted by molar-refractivity contribution is -0.125. The number of nitrogens with one attached hydrogen (secondary N) is 2. The SMILES string of the molecule is CSCCNC(=O)C1CNCC1C. The van der Waals surface area contributed by atoms with Crippen LogP contribution in [0.25, 0.3) is 0 Å². The molecule has 3 nitrogen and oxygen atoms in total. The zero-order valence-electron chi connectivity index (χ0n) is 8.30. The van der Waals surface area contributed by atoms with Crippen LogP contribution in [0.1, 0.15) is 6.92 Å². The first-order valence-corrected chi connectivity index (χ1v) is 6.12. The molecule has 2 unspecified atom stereocenters. The molecular weight excluding hydrogens is 184 g/mol.